The van der Waals surface area contributed by atoms with Crippen molar-refractivity contribution in [2.24, 2.45) is 0 Å². The number of nitrogens with two attached hydrogens (primary N) is 1. The van der Waals surface area contributed by atoms with Gasteiger partial charge in [0.05, 0.1) is 6.10 Å². The van der Waals surface area contributed by atoms with Gasteiger partial charge in [0.25, 0.3) is 5.91 Å². The summed E-state index contributed by atoms with van der Waals surface area (Å²) in [4.78, 5) is 18.5. The van der Waals surface area contributed by atoms with Gasteiger partial charge >= 0.3 is 0 Å². The molecule has 1 fully saturated rings. The number of nitrogens with zero attached hydrogens (tertiary/aromatic N) is 2. The average molecular weight is 263 g/mol. The van der Waals surface area contributed by atoms with Gasteiger partial charge in [-0.25, -0.2) is 4.98 Å². The number of carbonyl (C=O) groups excluding carboxylic acids is 1. The minimum absolute atomic E-state index is 0.0194. The van der Waals surface area contributed by atoms with Crippen molar-refractivity contribution in [2.45, 2.75) is 32.3 Å². The van der Waals surface area contributed by atoms with E-state index in [9.17, 15) is 4.79 Å². The van der Waals surface area contributed by atoms with E-state index in [4.69, 9.17) is 10.5 Å². The van der Waals surface area contributed by atoms with Crippen molar-refractivity contribution in [1.29, 1.82) is 0 Å². The van der Waals surface area contributed by atoms with Crippen LogP contribution in [-0.4, -0.2) is 42.1 Å². The van der Waals surface area contributed by atoms with Crippen molar-refractivity contribution in [3.63, 3.8) is 0 Å². The molecule has 0 radical (unpaired) electrons. The second-order valence-electron chi connectivity index (χ2n) is 4.92. The Morgan fingerprint density at radius 3 is 3.00 bits per heavy atom. The molecule has 5 heteroatoms. The minimum Gasteiger partial charge on any atom is -0.384 e. The summed E-state index contributed by atoms with van der Waals surface area (Å²) >= 11 is 0. The lowest BCUT2D eigenvalue weighted by Gasteiger charge is -2.16. The van der Waals surface area contributed by atoms with Crippen molar-refractivity contribution >= 4 is 11.7 Å². The summed E-state index contributed by atoms with van der Waals surface area (Å²) in [5.41, 5.74) is 7.29. The molecule has 1 aliphatic heterocycles. The van der Waals surface area contributed by atoms with Gasteiger partial charge in [0, 0.05) is 31.5 Å². The van der Waals surface area contributed by atoms with Crippen LogP contribution in [0.3, 0.4) is 0 Å². The van der Waals surface area contributed by atoms with Gasteiger partial charge in [-0.05, 0) is 25.0 Å². The van der Waals surface area contributed by atoms with E-state index in [2.05, 4.69) is 11.9 Å². The van der Waals surface area contributed by atoms with Crippen LogP contribution in [0.2, 0.25) is 0 Å². The van der Waals surface area contributed by atoms with E-state index >= 15 is 0 Å². The number of anilines is 1. The van der Waals surface area contributed by atoms with E-state index in [1.165, 1.54) is 0 Å². The Morgan fingerprint density at radius 2 is 2.37 bits per heavy atom. The molecule has 0 spiro atoms. The summed E-state index contributed by atoms with van der Waals surface area (Å²) in [5, 5.41) is 0. The molecule has 1 amide bonds. The Morgan fingerprint density at radius 1 is 1.58 bits per heavy atom. The lowest BCUT2D eigenvalue weighted by Crippen LogP contribution is -2.30. The third-order valence-corrected chi connectivity index (χ3v) is 3.42. The highest BCUT2D eigenvalue weighted by molar-refractivity contribution is 5.95. The third kappa shape index (κ3) is 3.23. The number of nitrogen functional groups attached to an aromatic ring is 1. The Bertz CT molecular complexity index is 462. The van der Waals surface area contributed by atoms with E-state index < -0.39 is 0 Å². The molecule has 1 atom stereocenters. The van der Waals surface area contributed by atoms with Crippen molar-refractivity contribution in [1.82, 2.24) is 9.88 Å². The molecule has 5 nitrogen and oxygen atoms in total. The number of carbonyl (C=O) groups is 1. The molecule has 104 valence electrons. The summed E-state index contributed by atoms with van der Waals surface area (Å²) in [6.45, 7) is 3.47. The SMILES string of the molecule is CCCc1cc(C(=O)N2CCC(OC)C2)cc(N)n1. The van der Waals surface area contributed by atoms with Crippen LogP contribution in [0.15, 0.2) is 12.1 Å². The molecule has 1 aliphatic rings. The lowest BCUT2D eigenvalue weighted by atomic mass is 10.1. The number of pyridine rings is 1. The number of hydrogen-bond donors (Lipinski definition) is 1. The molecule has 1 saturated heterocycles. The highest BCUT2D eigenvalue weighted by atomic mass is 16.5. The first-order valence-electron chi connectivity index (χ1n) is 6.72. The van der Waals surface area contributed by atoms with Gasteiger partial charge in [-0.15, -0.1) is 0 Å². The molecule has 0 saturated carbocycles. The molecule has 19 heavy (non-hydrogen) atoms. The van der Waals surface area contributed by atoms with Gasteiger partial charge in [0.15, 0.2) is 0 Å². The summed E-state index contributed by atoms with van der Waals surface area (Å²) < 4.78 is 5.28. The topological polar surface area (TPSA) is 68.5 Å². The van der Waals surface area contributed by atoms with E-state index in [0.29, 0.717) is 17.9 Å². The van der Waals surface area contributed by atoms with Gasteiger partial charge in [-0.2, -0.15) is 0 Å². The second kappa shape index (κ2) is 6.02. The van der Waals surface area contributed by atoms with Gasteiger partial charge in [-0.1, -0.05) is 13.3 Å². The van der Waals surface area contributed by atoms with Crippen LogP contribution in [-0.2, 0) is 11.2 Å². The minimum atomic E-state index is 0.0194. The molecule has 2 rings (SSSR count). The molecular formula is C14H21N3O2. The summed E-state index contributed by atoms with van der Waals surface area (Å²) in [7, 11) is 1.68. The lowest BCUT2D eigenvalue weighted by molar-refractivity contribution is 0.0724. The fourth-order valence-electron chi connectivity index (χ4n) is 2.41. The molecule has 0 bridgehead atoms. The molecule has 1 unspecified atom stereocenters. The van der Waals surface area contributed by atoms with Crippen LogP contribution in [0.5, 0.6) is 0 Å². The molecular weight excluding hydrogens is 242 g/mol. The van der Waals surface area contributed by atoms with Crippen LogP contribution in [0.4, 0.5) is 5.82 Å². The molecule has 0 aromatic carbocycles. The van der Waals surface area contributed by atoms with Gasteiger partial charge in [-0.3, -0.25) is 4.79 Å². The zero-order chi connectivity index (χ0) is 13.8. The van der Waals surface area contributed by atoms with Crippen molar-refractivity contribution in [3.05, 3.63) is 23.4 Å². The molecule has 2 heterocycles. The van der Waals surface area contributed by atoms with Crippen molar-refractivity contribution in [2.75, 3.05) is 25.9 Å². The quantitative estimate of drug-likeness (QED) is 0.893. The average Bonchev–Trinajstić information content (AvgIpc) is 2.86. The number of aryl methyl sites for hydroxylation is 1. The monoisotopic (exact) mass is 263 g/mol. The number of methoxy groups -OCH3 is 1. The number of amides is 1. The number of rotatable bonds is 4. The van der Waals surface area contributed by atoms with Crippen LogP contribution >= 0.6 is 0 Å². The third-order valence-electron chi connectivity index (χ3n) is 3.42. The standard InChI is InChI=1S/C14H21N3O2/c1-3-4-11-7-10(8-13(15)16-11)14(18)17-6-5-12(9-17)19-2/h7-8,12H,3-6,9H2,1-2H3,(H2,15,16). The van der Waals surface area contributed by atoms with Crippen LogP contribution in [0, 0.1) is 0 Å². The summed E-state index contributed by atoms with van der Waals surface area (Å²) in [5.74, 6) is 0.433. The number of aromatic nitrogens is 1. The van der Waals surface area contributed by atoms with Gasteiger partial charge in [0.2, 0.25) is 0 Å². The number of hydrogen-bond acceptors (Lipinski definition) is 4. The summed E-state index contributed by atoms with van der Waals surface area (Å²) in [6, 6.07) is 3.50. The Balaban J connectivity index is 2.14. The predicted molar refractivity (Wildman–Crippen MR) is 74.0 cm³/mol. The number of ether oxygens (including phenoxy) is 1. The zero-order valence-electron chi connectivity index (χ0n) is 11.6. The molecule has 0 aliphatic carbocycles. The highest BCUT2D eigenvalue weighted by Crippen LogP contribution is 2.17. The van der Waals surface area contributed by atoms with Crippen LogP contribution in [0.25, 0.3) is 0 Å². The Hall–Kier alpha value is -1.62. The van der Waals surface area contributed by atoms with E-state index in [1.807, 2.05) is 11.0 Å². The fraction of sp³-hybridized carbons (Fsp3) is 0.571. The second-order valence-corrected chi connectivity index (χ2v) is 4.92. The first-order valence-corrected chi connectivity index (χ1v) is 6.72. The summed E-state index contributed by atoms with van der Waals surface area (Å²) in [6.07, 6.45) is 2.87. The maximum absolute atomic E-state index is 12.4. The van der Waals surface area contributed by atoms with Crippen LogP contribution < -0.4 is 5.73 Å². The Labute approximate surface area is 113 Å². The van der Waals surface area contributed by atoms with Gasteiger partial charge in [0.1, 0.15) is 5.82 Å². The zero-order valence-corrected chi connectivity index (χ0v) is 11.6. The maximum Gasteiger partial charge on any atom is 0.254 e. The smallest absolute Gasteiger partial charge is 0.254 e. The molecule has 1 aromatic rings. The van der Waals surface area contributed by atoms with E-state index in [1.54, 1.807) is 13.2 Å². The van der Waals surface area contributed by atoms with Crippen molar-refractivity contribution in [3.8, 4) is 0 Å². The first kappa shape index (κ1) is 13.8. The van der Waals surface area contributed by atoms with Crippen LogP contribution in [0.1, 0.15) is 35.8 Å². The van der Waals surface area contributed by atoms with E-state index in [-0.39, 0.29) is 12.0 Å². The fourth-order valence-corrected chi connectivity index (χ4v) is 2.41. The highest BCUT2D eigenvalue weighted by Gasteiger charge is 2.27. The van der Waals surface area contributed by atoms with Gasteiger partial charge < -0.3 is 15.4 Å². The predicted octanol–water partition coefficient (Wildman–Crippen LogP) is 1.48. The largest absolute Gasteiger partial charge is 0.384 e. The first-order chi connectivity index (χ1) is 9.13. The molecule has 2 N–H and O–H groups in total. The maximum atomic E-state index is 12.4. The molecule has 1 aromatic heterocycles. The normalized spacial score (nSPS) is 18.8. The van der Waals surface area contributed by atoms with Crippen molar-refractivity contribution < 1.29 is 9.53 Å². The van der Waals surface area contributed by atoms with E-state index in [0.717, 1.165) is 31.5 Å². The number of likely N-dealkylation sites (tertiary alicyclic amines) is 1. The Kier molecular flexibility index (Phi) is 4.37.